The van der Waals surface area contributed by atoms with Gasteiger partial charge in [0.1, 0.15) is 5.75 Å². The second kappa shape index (κ2) is 6.05. The number of carbonyl (C=O) groups is 1. The normalized spacial score (nSPS) is 10.2. The van der Waals surface area contributed by atoms with Crippen LogP contribution in [-0.4, -0.2) is 19.2 Å². The van der Waals surface area contributed by atoms with Gasteiger partial charge in [-0.05, 0) is 31.2 Å². The summed E-state index contributed by atoms with van der Waals surface area (Å²) in [7, 11) is 0. The van der Waals surface area contributed by atoms with Crippen molar-refractivity contribution in [1.29, 1.82) is 0 Å². The van der Waals surface area contributed by atoms with Crippen molar-refractivity contribution in [1.82, 2.24) is 0 Å². The molecule has 0 saturated heterocycles. The van der Waals surface area contributed by atoms with Gasteiger partial charge in [-0.3, -0.25) is 0 Å². The molecule has 0 fully saturated rings. The van der Waals surface area contributed by atoms with E-state index in [4.69, 9.17) is 4.74 Å². The van der Waals surface area contributed by atoms with Crippen LogP contribution in [-0.2, 0) is 9.53 Å². The highest BCUT2D eigenvalue weighted by Crippen LogP contribution is 2.21. The molecule has 5 heteroatoms. The van der Waals surface area contributed by atoms with E-state index in [0.717, 1.165) is 0 Å². The molecule has 0 atom stereocenters. The Balaban J connectivity index is 2.46. The molecule has 16 heavy (non-hydrogen) atoms. The fourth-order valence-corrected chi connectivity index (χ4v) is 1.05. The van der Waals surface area contributed by atoms with E-state index in [-0.39, 0.29) is 18.8 Å². The van der Waals surface area contributed by atoms with Crippen LogP contribution in [0.4, 0.5) is 8.78 Å². The molecule has 0 spiro atoms. The summed E-state index contributed by atoms with van der Waals surface area (Å²) < 4.78 is 34.1. The fourth-order valence-electron chi connectivity index (χ4n) is 1.05. The third-order valence-electron chi connectivity index (χ3n) is 1.79. The Kier molecular flexibility index (Phi) is 4.69. The highest BCUT2D eigenvalue weighted by molar-refractivity contribution is 5.71. The van der Waals surface area contributed by atoms with Crippen molar-refractivity contribution >= 4 is 5.97 Å². The number of benzene rings is 1. The van der Waals surface area contributed by atoms with Gasteiger partial charge in [0.05, 0.1) is 6.61 Å². The van der Waals surface area contributed by atoms with Gasteiger partial charge < -0.3 is 9.47 Å². The molecular weight excluding hydrogens is 218 g/mol. The van der Waals surface area contributed by atoms with Gasteiger partial charge in [-0.15, -0.1) is 0 Å². The number of hydrogen-bond donors (Lipinski definition) is 0. The summed E-state index contributed by atoms with van der Waals surface area (Å²) in [5.41, 5.74) is -0.0801. The van der Waals surface area contributed by atoms with E-state index >= 15 is 0 Å². The Hall–Kier alpha value is -1.65. The maximum absolute atomic E-state index is 12.2. The molecule has 88 valence electrons. The van der Waals surface area contributed by atoms with Gasteiger partial charge >= 0.3 is 5.97 Å². The van der Waals surface area contributed by atoms with Crippen LogP contribution in [0.25, 0.3) is 0 Å². The number of alkyl halides is 2. The van der Waals surface area contributed by atoms with Gasteiger partial charge in [0.15, 0.2) is 6.61 Å². The van der Waals surface area contributed by atoms with Crippen LogP contribution in [0.15, 0.2) is 24.3 Å². The third kappa shape index (κ3) is 3.84. The molecule has 0 unspecified atom stereocenters. The molecule has 1 rings (SSSR count). The van der Waals surface area contributed by atoms with Crippen molar-refractivity contribution in [2.45, 2.75) is 13.3 Å². The second-order valence-electron chi connectivity index (χ2n) is 2.96. The molecule has 0 radical (unpaired) electrons. The van der Waals surface area contributed by atoms with Crippen molar-refractivity contribution in [2.75, 3.05) is 13.2 Å². The zero-order valence-corrected chi connectivity index (χ0v) is 8.78. The highest BCUT2D eigenvalue weighted by Gasteiger charge is 2.07. The van der Waals surface area contributed by atoms with Crippen molar-refractivity contribution in [3.05, 3.63) is 29.8 Å². The summed E-state index contributed by atoms with van der Waals surface area (Å²) >= 11 is 0. The molecule has 0 N–H and O–H groups in total. The molecule has 0 amide bonds. The lowest BCUT2D eigenvalue weighted by Gasteiger charge is -2.06. The quantitative estimate of drug-likeness (QED) is 0.729. The zero-order chi connectivity index (χ0) is 12.0. The number of halogens is 2. The topological polar surface area (TPSA) is 35.5 Å². The Bertz CT molecular complexity index is 336. The van der Waals surface area contributed by atoms with Crippen molar-refractivity contribution in [3.8, 4) is 5.75 Å². The van der Waals surface area contributed by atoms with Crippen LogP contribution in [0.1, 0.15) is 18.9 Å². The molecule has 0 bridgehead atoms. The molecule has 0 saturated carbocycles. The molecule has 3 nitrogen and oxygen atoms in total. The van der Waals surface area contributed by atoms with Crippen molar-refractivity contribution in [3.63, 3.8) is 0 Å². The number of carbonyl (C=O) groups excluding carboxylic acids is 1. The smallest absolute Gasteiger partial charge is 0.344 e. The van der Waals surface area contributed by atoms with E-state index in [1.807, 2.05) is 0 Å². The first-order valence-corrected chi connectivity index (χ1v) is 4.80. The van der Waals surface area contributed by atoms with Crippen LogP contribution in [0, 0.1) is 0 Å². The monoisotopic (exact) mass is 230 g/mol. The van der Waals surface area contributed by atoms with E-state index in [1.165, 1.54) is 24.3 Å². The maximum Gasteiger partial charge on any atom is 0.344 e. The summed E-state index contributed by atoms with van der Waals surface area (Å²) in [4.78, 5) is 10.9. The van der Waals surface area contributed by atoms with Crippen LogP contribution >= 0.6 is 0 Å². The van der Waals surface area contributed by atoms with Gasteiger partial charge in [-0.1, -0.05) is 0 Å². The summed E-state index contributed by atoms with van der Waals surface area (Å²) in [6.45, 7) is 1.75. The minimum Gasteiger partial charge on any atom is -0.482 e. The standard InChI is InChI=1S/C11H12F2O3/c1-2-15-10(14)7-16-9-5-3-8(4-6-9)11(12)13/h3-6,11H,2,7H2,1H3. The van der Waals surface area contributed by atoms with Gasteiger partial charge in [-0.2, -0.15) is 0 Å². The summed E-state index contributed by atoms with van der Waals surface area (Å²) in [6, 6.07) is 5.29. The molecule has 0 aliphatic heterocycles. The van der Waals surface area contributed by atoms with Crippen molar-refractivity contribution < 1.29 is 23.0 Å². The third-order valence-corrected chi connectivity index (χ3v) is 1.79. The van der Waals surface area contributed by atoms with Crippen LogP contribution < -0.4 is 4.74 Å². The van der Waals surface area contributed by atoms with E-state index in [1.54, 1.807) is 6.92 Å². The van der Waals surface area contributed by atoms with Gasteiger partial charge in [0, 0.05) is 5.56 Å². The Morgan fingerprint density at radius 2 is 1.94 bits per heavy atom. The average molecular weight is 230 g/mol. The number of esters is 1. The zero-order valence-electron chi connectivity index (χ0n) is 8.78. The first kappa shape index (κ1) is 12.4. The predicted octanol–water partition coefficient (Wildman–Crippen LogP) is 2.57. The molecule has 0 aromatic heterocycles. The van der Waals surface area contributed by atoms with E-state index in [9.17, 15) is 13.6 Å². The number of ether oxygens (including phenoxy) is 2. The molecule has 1 aromatic carbocycles. The maximum atomic E-state index is 12.2. The van der Waals surface area contributed by atoms with Gasteiger partial charge in [0.25, 0.3) is 6.43 Å². The molecule has 1 aromatic rings. The first-order valence-electron chi connectivity index (χ1n) is 4.80. The lowest BCUT2D eigenvalue weighted by molar-refractivity contribution is -0.145. The van der Waals surface area contributed by atoms with E-state index in [0.29, 0.717) is 5.75 Å². The summed E-state index contributed by atoms with van der Waals surface area (Å²) in [5, 5.41) is 0. The van der Waals surface area contributed by atoms with Crippen LogP contribution in [0.5, 0.6) is 5.75 Å². The second-order valence-corrected chi connectivity index (χ2v) is 2.96. The van der Waals surface area contributed by atoms with Gasteiger partial charge in [-0.25, -0.2) is 13.6 Å². The van der Waals surface area contributed by atoms with Crippen LogP contribution in [0.2, 0.25) is 0 Å². The average Bonchev–Trinajstić information content (AvgIpc) is 2.27. The minimum absolute atomic E-state index is 0.0801. The SMILES string of the molecule is CCOC(=O)COc1ccc(C(F)F)cc1. The lowest BCUT2D eigenvalue weighted by Crippen LogP contribution is -2.14. The molecular formula is C11H12F2O3. The van der Waals surface area contributed by atoms with E-state index < -0.39 is 12.4 Å². The Labute approximate surface area is 92.0 Å². The lowest BCUT2D eigenvalue weighted by atomic mass is 10.2. The molecule has 0 heterocycles. The molecule has 0 aliphatic carbocycles. The summed E-state index contributed by atoms with van der Waals surface area (Å²) in [6.07, 6.45) is -2.50. The molecule has 0 aliphatic rings. The Morgan fingerprint density at radius 3 is 2.44 bits per heavy atom. The highest BCUT2D eigenvalue weighted by atomic mass is 19.3. The van der Waals surface area contributed by atoms with Crippen LogP contribution in [0.3, 0.4) is 0 Å². The summed E-state index contributed by atoms with van der Waals surface area (Å²) in [5.74, 6) is -0.127. The van der Waals surface area contributed by atoms with Crippen molar-refractivity contribution in [2.24, 2.45) is 0 Å². The minimum atomic E-state index is -2.50. The number of rotatable bonds is 5. The number of hydrogen-bond acceptors (Lipinski definition) is 3. The van der Waals surface area contributed by atoms with E-state index in [2.05, 4.69) is 4.74 Å². The largest absolute Gasteiger partial charge is 0.482 e. The first-order chi connectivity index (χ1) is 7.63. The fraction of sp³-hybridized carbons (Fsp3) is 0.364. The predicted molar refractivity (Wildman–Crippen MR) is 53.5 cm³/mol. The van der Waals surface area contributed by atoms with Gasteiger partial charge in [0.2, 0.25) is 0 Å². The Morgan fingerprint density at radius 1 is 1.31 bits per heavy atom.